The SMILES string of the molecule is CC1(C(=O)O)CCCC1NC(=O)c1cc(Cl)cn1C1CC1. The average molecular weight is 311 g/mol. The van der Waals surface area contributed by atoms with E-state index in [9.17, 15) is 14.7 Å². The van der Waals surface area contributed by atoms with Crippen LogP contribution in [0.15, 0.2) is 12.3 Å². The van der Waals surface area contributed by atoms with E-state index in [0.29, 0.717) is 29.6 Å². The number of nitrogens with zero attached hydrogens (tertiary/aromatic N) is 1. The molecule has 2 atom stereocenters. The van der Waals surface area contributed by atoms with Gasteiger partial charge in [0, 0.05) is 18.3 Å². The van der Waals surface area contributed by atoms with Gasteiger partial charge in [0.1, 0.15) is 5.69 Å². The molecule has 114 valence electrons. The molecule has 0 bridgehead atoms. The van der Waals surface area contributed by atoms with Gasteiger partial charge in [0.15, 0.2) is 0 Å². The molecule has 2 aliphatic carbocycles. The topological polar surface area (TPSA) is 71.3 Å². The number of amides is 1. The molecule has 0 radical (unpaired) electrons. The van der Waals surface area contributed by atoms with Crippen LogP contribution < -0.4 is 5.32 Å². The van der Waals surface area contributed by atoms with Crippen LogP contribution >= 0.6 is 11.6 Å². The van der Waals surface area contributed by atoms with E-state index in [0.717, 1.165) is 19.3 Å². The first-order valence-corrected chi connectivity index (χ1v) is 7.71. The van der Waals surface area contributed by atoms with Gasteiger partial charge in [-0.05, 0) is 38.7 Å². The Morgan fingerprint density at radius 3 is 2.76 bits per heavy atom. The molecular formula is C15H19ClN2O3. The molecule has 2 aliphatic rings. The smallest absolute Gasteiger partial charge is 0.311 e. The number of hydrogen-bond donors (Lipinski definition) is 2. The molecular weight excluding hydrogens is 292 g/mol. The second-order valence-electron chi connectivity index (χ2n) is 6.32. The molecule has 5 nitrogen and oxygen atoms in total. The van der Waals surface area contributed by atoms with Crippen molar-refractivity contribution in [1.29, 1.82) is 0 Å². The van der Waals surface area contributed by atoms with Crippen molar-refractivity contribution < 1.29 is 14.7 Å². The van der Waals surface area contributed by atoms with Crippen LogP contribution in [0.2, 0.25) is 5.02 Å². The number of aliphatic carboxylic acids is 1. The van der Waals surface area contributed by atoms with Gasteiger partial charge in [-0.3, -0.25) is 9.59 Å². The minimum Gasteiger partial charge on any atom is -0.481 e. The highest BCUT2D eigenvalue weighted by Crippen LogP contribution is 2.39. The van der Waals surface area contributed by atoms with Gasteiger partial charge in [0.05, 0.1) is 10.4 Å². The summed E-state index contributed by atoms with van der Waals surface area (Å²) >= 11 is 6.01. The number of halogens is 1. The Balaban J connectivity index is 1.79. The maximum Gasteiger partial charge on any atom is 0.311 e. The zero-order chi connectivity index (χ0) is 15.2. The summed E-state index contributed by atoms with van der Waals surface area (Å²) in [5.74, 6) is -1.07. The van der Waals surface area contributed by atoms with Gasteiger partial charge in [-0.25, -0.2) is 0 Å². The van der Waals surface area contributed by atoms with Gasteiger partial charge in [-0.1, -0.05) is 18.0 Å². The molecule has 21 heavy (non-hydrogen) atoms. The predicted molar refractivity (Wildman–Crippen MR) is 78.6 cm³/mol. The lowest BCUT2D eigenvalue weighted by Gasteiger charge is -2.27. The third-order valence-corrected chi connectivity index (χ3v) is 4.95. The minimum atomic E-state index is -0.879. The van der Waals surface area contributed by atoms with E-state index in [2.05, 4.69) is 5.32 Å². The summed E-state index contributed by atoms with van der Waals surface area (Å²) in [6.45, 7) is 1.71. The normalized spacial score (nSPS) is 28.6. The summed E-state index contributed by atoms with van der Waals surface area (Å²) in [5.41, 5.74) is -0.349. The number of aromatic nitrogens is 1. The number of carbonyl (C=O) groups excluding carboxylic acids is 1. The first-order valence-electron chi connectivity index (χ1n) is 7.33. The molecule has 0 spiro atoms. The summed E-state index contributed by atoms with van der Waals surface area (Å²) in [6, 6.07) is 1.68. The van der Waals surface area contributed by atoms with Crippen molar-refractivity contribution in [2.24, 2.45) is 5.41 Å². The number of nitrogens with one attached hydrogen (secondary N) is 1. The zero-order valence-electron chi connectivity index (χ0n) is 11.9. The maximum atomic E-state index is 12.5. The molecule has 2 fully saturated rings. The van der Waals surface area contributed by atoms with Crippen molar-refractivity contribution in [3.63, 3.8) is 0 Å². The van der Waals surface area contributed by atoms with Crippen molar-refractivity contribution in [3.8, 4) is 0 Å². The van der Waals surface area contributed by atoms with Gasteiger partial charge >= 0.3 is 5.97 Å². The summed E-state index contributed by atoms with van der Waals surface area (Å²) in [5, 5.41) is 12.9. The third kappa shape index (κ3) is 2.55. The maximum absolute atomic E-state index is 12.5. The Morgan fingerprint density at radius 1 is 1.43 bits per heavy atom. The third-order valence-electron chi connectivity index (χ3n) is 4.74. The molecule has 3 rings (SSSR count). The number of carboxylic acids is 1. The van der Waals surface area contributed by atoms with Crippen LogP contribution in [-0.2, 0) is 4.79 Å². The number of carbonyl (C=O) groups is 2. The number of rotatable bonds is 4. The van der Waals surface area contributed by atoms with Crippen molar-refractivity contribution in [1.82, 2.24) is 9.88 Å². The van der Waals surface area contributed by atoms with Crippen molar-refractivity contribution in [3.05, 3.63) is 23.0 Å². The first-order chi connectivity index (χ1) is 9.91. The zero-order valence-corrected chi connectivity index (χ0v) is 12.7. The Bertz CT molecular complexity index is 594. The van der Waals surface area contributed by atoms with E-state index in [1.54, 1.807) is 19.2 Å². The van der Waals surface area contributed by atoms with Crippen LogP contribution in [0.5, 0.6) is 0 Å². The summed E-state index contributed by atoms with van der Waals surface area (Å²) in [6.07, 6.45) is 6.00. The predicted octanol–water partition coefficient (Wildman–Crippen LogP) is 2.85. The van der Waals surface area contributed by atoms with Gasteiger partial charge < -0.3 is 15.0 Å². The molecule has 0 saturated heterocycles. The lowest BCUT2D eigenvalue weighted by molar-refractivity contribution is -0.148. The molecule has 1 aromatic rings. The van der Waals surface area contributed by atoms with Crippen LogP contribution in [0, 0.1) is 5.41 Å². The highest BCUT2D eigenvalue weighted by Gasteiger charge is 2.46. The van der Waals surface area contributed by atoms with Gasteiger partial charge in [0.2, 0.25) is 0 Å². The highest BCUT2D eigenvalue weighted by atomic mass is 35.5. The molecule has 6 heteroatoms. The molecule has 2 unspecified atom stereocenters. The molecule has 1 aromatic heterocycles. The molecule has 2 N–H and O–H groups in total. The van der Waals surface area contributed by atoms with Gasteiger partial charge in [-0.15, -0.1) is 0 Å². The second kappa shape index (κ2) is 5.05. The van der Waals surface area contributed by atoms with E-state index >= 15 is 0 Å². The monoisotopic (exact) mass is 310 g/mol. The van der Waals surface area contributed by atoms with Gasteiger partial charge in [-0.2, -0.15) is 0 Å². The van der Waals surface area contributed by atoms with Crippen LogP contribution in [0.4, 0.5) is 0 Å². The quantitative estimate of drug-likeness (QED) is 0.898. The molecule has 1 amide bonds. The Morgan fingerprint density at radius 2 is 2.14 bits per heavy atom. The summed E-state index contributed by atoms with van der Waals surface area (Å²) in [7, 11) is 0. The van der Waals surface area contributed by atoms with E-state index in [1.165, 1.54) is 0 Å². The van der Waals surface area contributed by atoms with Crippen molar-refractivity contribution >= 4 is 23.5 Å². The fraction of sp³-hybridized carbons (Fsp3) is 0.600. The van der Waals surface area contributed by atoms with Crippen LogP contribution in [0.3, 0.4) is 0 Å². The summed E-state index contributed by atoms with van der Waals surface area (Å²) in [4.78, 5) is 24.0. The Kier molecular flexibility index (Phi) is 3.48. The number of carboxylic acid groups (broad SMARTS) is 1. The van der Waals surface area contributed by atoms with Crippen LogP contribution in [0.1, 0.15) is 55.6 Å². The van der Waals surface area contributed by atoms with E-state index in [4.69, 9.17) is 11.6 Å². The first kappa shape index (κ1) is 14.4. The molecule has 1 heterocycles. The highest BCUT2D eigenvalue weighted by molar-refractivity contribution is 6.31. The number of hydrogen-bond acceptors (Lipinski definition) is 2. The van der Waals surface area contributed by atoms with Crippen LogP contribution in [-0.4, -0.2) is 27.6 Å². The van der Waals surface area contributed by atoms with E-state index in [-0.39, 0.29) is 11.9 Å². The molecule has 0 aliphatic heterocycles. The fourth-order valence-corrected chi connectivity index (χ4v) is 3.38. The van der Waals surface area contributed by atoms with Crippen molar-refractivity contribution in [2.75, 3.05) is 0 Å². The average Bonchev–Trinajstić information content (AvgIpc) is 3.10. The summed E-state index contributed by atoms with van der Waals surface area (Å²) < 4.78 is 1.91. The van der Waals surface area contributed by atoms with Gasteiger partial charge in [0.25, 0.3) is 5.91 Å². The van der Waals surface area contributed by atoms with E-state index < -0.39 is 11.4 Å². The van der Waals surface area contributed by atoms with E-state index in [1.807, 2.05) is 4.57 Å². The Hall–Kier alpha value is -1.49. The van der Waals surface area contributed by atoms with Crippen LogP contribution in [0.25, 0.3) is 0 Å². The minimum absolute atomic E-state index is 0.229. The lowest BCUT2D eigenvalue weighted by Crippen LogP contribution is -2.47. The van der Waals surface area contributed by atoms with Crippen molar-refractivity contribution in [2.45, 2.75) is 51.1 Å². The lowest BCUT2D eigenvalue weighted by atomic mass is 9.85. The fourth-order valence-electron chi connectivity index (χ4n) is 3.17. The molecule has 0 aromatic carbocycles. The molecule has 2 saturated carbocycles. The Labute approximate surface area is 128 Å². The second-order valence-corrected chi connectivity index (χ2v) is 6.76. The standard InChI is InChI=1S/C15H19ClN2O3/c1-15(14(20)21)6-2-3-12(15)17-13(19)11-7-9(16)8-18(11)10-4-5-10/h7-8,10,12H,2-6H2,1H3,(H,17,19)(H,20,21). The largest absolute Gasteiger partial charge is 0.481 e.